The highest BCUT2D eigenvalue weighted by Gasteiger charge is 2.73. The standard InChI is InChI=1S/C32H19Cl3N2O6/c33-19-12-9-18(25(15-19)37(41)42)16-43-30(40)17-10-13-20(14-11-17)36-28(38)26-27(29(36)39)32(35)22-6-2-1-5-21(22)31(26,34)23-7-3-4-8-24(23)32/h1-15,26-27H,16H2/t26-,27-,31?,32?/m0/s1. The van der Waals surface area contributed by atoms with E-state index in [0.717, 1.165) is 4.90 Å². The van der Waals surface area contributed by atoms with E-state index in [4.69, 9.17) is 39.5 Å². The smallest absolute Gasteiger partial charge is 0.338 e. The Hall–Kier alpha value is -4.24. The summed E-state index contributed by atoms with van der Waals surface area (Å²) in [6, 6.07) is 24.6. The van der Waals surface area contributed by atoms with Crippen LogP contribution in [-0.2, 0) is 30.7 Å². The van der Waals surface area contributed by atoms with E-state index in [1.54, 1.807) is 0 Å². The SMILES string of the molecule is O=C(OCc1ccc(Cl)cc1[N+](=O)[O-])c1ccc(N2C(=O)[C@@H]3[C@@H](C2=O)C2(Cl)c4ccccc4C3(Cl)c3ccccc32)cc1. The van der Waals surface area contributed by atoms with Crippen LogP contribution in [0.3, 0.4) is 0 Å². The highest BCUT2D eigenvalue weighted by molar-refractivity contribution is 6.38. The minimum absolute atomic E-state index is 0.124. The largest absolute Gasteiger partial charge is 0.457 e. The maximum Gasteiger partial charge on any atom is 0.338 e. The maximum atomic E-state index is 14.1. The number of benzene rings is 4. The summed E-state index contributed by atoms with van der Waals surface area (Å²) in [6.07, 6.45) is 0. The van der Waals surface area contributed by atoms with Crippen molar-refractivity contribution in [2.75, 3.05) is 4.90 Å². The first-order valence-corrected chi connectivity index (χ1v) is 14.4. The molecule has 0 spiro atoms. The summed E-state index contributed by atoms with van der Waals surface area (Å²) < 4.78 is 5.30. The Morgan fingerprint density at radius 1 is 0.814 bits per heavy atom. The maximum absolute atomic E-state index is 14.1. The number of hydrogen-bond acceptors (Lipinski definition) is 6. The van der Waals surface area contributed by atoms with E-state index in [2.05, 4.69) is 0 Å². The van der Waals surface area contributed by atoms with Crippen LogP contribution in [0.2, 0.25) is 5.02 Å². The number of nitrogens with zero attached hydrogens (tertiary/aromatic N) is 2. The summed E-state index contributed by atoms with van der Waals surface area (Å²) >= 11 is 20.8. The lowest BCUT2D eigenvalue weighted by molar-refractivity contribution is -0.385. The van der Waals surface area contributed by atoms with Gasteiger partial charge in [0.15, 0.2) is 0 Å². The van der Waals surface area contributed by atoms with Crippen LogP contribution in [0, 0.1) is 22.0 Å². The van der Waals surface area contributed by atoms with Gasteiger partial charge in [0.05, 0.1) is 33.6 Å². The first-order valence-electron chi connectivity index (χ1n) is 13.2. The average Bonchev–Trinajstić information content (AvgIpc) is 3.29. The number of halogens is 3. The van der Waals surface area contributed by atoms with Crippen molar-refractivity contribution >= 4 is 64.0 Å². The van der Waals surface area contributed by atoms with Gasteiger partial charge in [-0.1, -0.05) is 60.1 Å². The molecule has 0 aromatic heterocycles. The van der Waals surface area contributed by atoms with Crippen LogP contribution in [-0.4, -0.2) is 22.7 Å². The molecule has 1 saturated heterocycles. The Labute approximate surface area is 259 Å². The second-order valence-corrected chi connectivity index (χ2v) is 12.3. The van der Waals surface area contributed by atoms with Gasteiger partial charge in [0, 0.05) is 11.1 Å². The molecule has 1 heterocycles. The fraction of sp³-hybridized carbons (Fsp3) is 0.156. The Morgan fingerprint density at radius 2 is 1.30 bits per heavy atom. The van der Waals surface area contributed by atoms with E-state index < -0.39 is 44.3 Å². The lowest BCUT2D eigenvalue weighted by Gasteiger charge is -2.54. The third-order valence-corrected chi connectivity index (χ3v) is 10.1. The molecule has 0 N–H and O–H groups in total. The molecule has 8 nitrogen and oxygen atoms in total. The quantitative estimate of drug-likeness (QED) is 0.0796. The first-order chi connectivity index (χ1) is 20.6. The number of imide groups is 1. The fourth-order valence-corrected chi connectivity index (χ4v) is 7.99. The molecule has 8 rings (SSSR count). The van der Waals surface area contributed by atoms with Crippen LogP contribution in [0.5, 0.6) is 0 Å². The molecule has 0 saturated carbocycles. The second kappa shape index (κ2) is 9.64. The van der Waals surface area contributed by atoms with Gasteiger partial charge in [-0.3, -0.25) is 19.7 Å². The first kappa shape index (κ1) is 27.6. The number of carbonyl (C=O) groups excluding carboxylic acids is 3. The number of hydrogen-bond donors (Lipinski definition) is 0. The number of alkyl halides is 2. The highest BCUT2D eigenvalue weighted by atomic mass is 35.5. The van der Waals surface area contributed by atoms with E-state index in [-0.39, 0.29) is 34.1 Å². The van der Waals surface area contributed by atoms with Gasteiger partial charge >= 0.3 is 5.97 Å². The summed E-state index contributed by atoms with van der Waals surface area (Å²) in [5, 5.41) is 11.5. The van der Waals surface area contributed by atoms with E-state index >= 15 is 0 Å². The lowest BCUT2D eigenvalue weighted by Crippen LogP contribution is -2.57. The van der Waals surface area contributed by atoms with E-state index in [1.807, 2.05) is 48.5 Å². The molecule has 214 valence electrons. The number of nitro groups is 1. The van der Waals surface area contributed by atoms with Crippen molar-refractivity contribution in [3.8, 4) is 0 Å². The predicted molar refractivity (Wildman–Crippen MR) is 159 cm³/mol. The van der Waals surface area contributed by atoms with Gasteiger partial charge in [-0.2, -0.15) is 0 Å². The van der Waals surface area contributed by atoms with Crippen LogP contribution in [0.4, 0.5) is 11.4 Å². The van der Waals surface area contributed by atoms with Gasteiger partial charge in [-0.05, 0) is 58.7 Å². The molecule has 11 heteroatoms. The molecule has 0 radical (unpaired) electrons. The number of anilines is 1. The molecule has 4 aromatic carbocycles. The minimum atomic E-state index is -1.30. The second-order valence-electron chi connectivity index (χ2n) is 10.6. The van der Waals surface area contributed by atoms with Crippen LogP contribution < -0.4 is 4.90 Å². The summed E-state index contributed by atoms with van der Waals surface area (Å²) in [5.41, 5.74) is 3.10. The molecule has 43 heavy (non-hydrogen) atoms. The molecule has 1 aliphatic heterocycles. The van der Waals surface area contributed by atoms with Gasteiger partial charge in [0.1, 0.15) is 16.4 Å². The number of esters is 1. The molecule has 2 amide bonds. The molecule has 2 bridgehead atoms. The molecular formula is C32H19Cl3N2O6. The topological polar surface area (TPSA) is 107 Å². The summed E-state index contributed by atoms with van der Waals surface area (Å²) in [4.78, 5) is 50.2. The number of ether oxygens (including phenoxy) is 1. The zero-order chi connectivity index (χ0) is 30.3. The Morgan fingerprint density at radius 3 is 1.77 bits per heavy atom. The van der Waals surface area contributed by atoms with Crippen molar-refractivity contribution in [2.45, 2.75) is 16.4 Å². The number of nitro benzene ring substituents is 1. The lowest BCUT2D eigenvalue weighted by atomic mass is 9.54. The molecule has 0 unspecified atom stereocenters. The number of carbonyl (C=O) groups is 3. The van der Waals surface area contributed by atoms with Crippen molar-refractivity contribution in [3.05, 3.63) is 140 Å². The minimum Gasteiger partial charge on any atom is -0.457 e. The van der Waals surface area contributed by atoms with Crippen molar-refractivity contribution in [1.29, 1.82) is 0 Å². The van der Waals surface area contributed by atoms with Gasteiger partial charge < -0.3 is 4.74 Å². The van der Waals surface area contributed by atoms with Gasteiger partial charge in [-0.15, -0.1) is 23.2 Å². The van der Waals surface area contributed by atoms with Crippen LogP contribution in [0.1, 0.15) is 38.2 Å². The van der Waals surface area contributed by atoms with E-state index in [9.17, 15) is 24.5 Å². The Bertz CT molecular complexity index is 1770. The highest BCUT2D eigenvalue weighted by Crippen LogP contribution is 2.69. The predicted octanol–water partition coefficient (Wildman–Crippen LogP) is 6.70. The molecule has 3 aliphatic carbocycles. The summed E-state index contributed by atoms with van der Waals surface area (Å²) in [6.45, 7) is -0.350. The number of amides is 2. The molecule has 1 fully saturated rings. The van der Waals surface area contributed by atoms with Crippen molar-refractivity contribution in [3.63, 3.8) is 0 Å². The van der Waals surface area contributed by atoms with Crippen LogP contribution in [0.25, 0.3) is 0 Å². The Balaban J connectivity index is 1.19. The zero-order valence-corrected chi connectivity index (χ0v) is 24.3. The monoisotopic (exact) mass is 632 g/mol. The van der Waals surface area contributed by atoms with Crippen molar-refractivity contribution in [1.82, 2.24) is 0 Å². The Kier molecular flexibility index (Phi) is 6.18. The summed E-state index contributed by atoms with van der Waals surface area (Å²) in [7, 11) is 0. The molecule has 4 aromatic rings. The van der Waals surface area contributed by atoms with Gasteiger partial charge in [-0.25, -0.2) is 9.69 Å². The molecule has 4 aliphatic rings. The van der Waals surface area contributed by atoms with Gasteiger partial charge in [0.25, 0.3) is 5.69 Å². The van der Waals surface area contributed by atoms with Gasteiger partial charge in [0.2, 0.25) is 11.8 Å². The fourth-order valence-electron chi connectivity index (χ4n) is 6.72. The van der Waals surface area contributed by atoms with Crippen molar-refractivity contribution < 1.29 is 24.0 Å². The van der Waals surface area contributed by atoms with Crippen LogP contribution >= 0.6 is 34.8 Å². The van der Waals surface area contributed by atoms with Crippen LogP contribution in [0.15, 0.2) is 91.0 Å². The van der Waals surface area contributed by atoms with E-state index in [1.165, 1.54) is 42.5 Å². The summed E-state index contributed by atoms with van der Waals surface area (Å²) in [5.74, 6) is -3.62. The third kappa shape index (κ3) is 3.73. The zero-order valence-electron chi connectivity index (χ0n) is 22.0. The normalized spacial score (nSPS) is 24.8. The van der Waals surface area contributed by atoms with Crippen molar-refractivity contribution in [2.24, 2.45) is 11.8 Å². The molecular weight excluding hydrogens is 615 g/mol. The molecule has 2 atom stereocenters. The average molecular weight is 634 g/mol. The number of rotatable bonds is 5. The third-order valence-electron chi connectivity index (χ3n) is 8.55. The van der Waals surface area contributed by atoms with E-state index in [0.29, 0.717) is 22.3 Å².